The van der Waals surface area contributed by atoms with Crippen molar-refractivity contribution in [2.45, 2.75) is 34.1 Å². The highest BCUT2D eigenvalue weighted by atomic mass is 32.1. The average molecular weight is 459 g/mol. The van der Waals surface area contributed by atoms with Crippen LogP contribution in [-0.4, -0.2) is 37.9 Å². The number of nitrogens with zero attached hydrogens (tertiary/aromatic N) is 4. The van der Waals surface area contributed by atoms with Crippen LogP contribution in [0.15, 0.2) is 60.3 Å². The van der Waals surface area contributed by atoms with Crippen molar-refractivity contribution in [1.82, 2.24) is 14.5 Å². The fraction of sp³-hybridized carbons (Fsp3) is 0.231. The summed E-state index contributed by atoms with van der Waals surface area (Å²) in [6, 6.07) is 15.1. The molecule has 0 aliphatic carbocycles. The maximum Gasteiger partial charge on any atom is 0.270 e. The van der Waals surface area contributed by atoms with Crippen LogP contribution < -0.4 is 4.90 Å². The van der Waals surface area contributed by atoms with Crippen molar-refractivity contribution in [2.24, 2.45) is 0 Å². The quantitative estimate of drug-likeness (QED) is 0.315. The summed E-state index contributed by atoms with van der Waals surface area (Å²) in [5, 5.41) is 0.213. The first kappa shape index (κ1) is 22.6. The Morgan fingerprint density at radius 2 is 1.73 bits per heavy atom. The minimum absolute atomic E-state index is 0.0954. The first-order valence-electron chi connectivity index (χ1n) is 10.9. The van der Waals surface area contributed by atoms with Gasteiger partial charge >= 0.3 is 0 Å². The van der Waals surface area contributed by atoms with Crippen molar-refractivity contribution in [3.63, 3.8) is 0 Å². The van der Waals surface area contributed by atoms with E-state index in [2.05, 4.69) is 4.98 Å². The van der Waals surface area contributed by atoms with Crippen LogP contribution in [-0.2, 0) is 9.59 Å². The average Bonchev–Trinajstić information content (AvgIpc) is 3.08. The van der Waals surface area contributed by atoms with E-state index in [1.807, 2.05) is 87.0 Å². The Morgan fingerprint density at radius 3 is 2.36 bits per heavy atom. The van der Waals surface area contributed by atoms with Crippen molar-refractivity contribution in [2.75, 3.05) is 11.4 Å². The Hall–Kier alpha value is -3.58. The summed E-state index contributed by atoms with van der Waals surface area (Å²) in [5.41, 5.74) is 4.48. The van der Waals surface area contributed by atoms with Crippen LogP contribution in [0.3, 0.4) is 0 Å². The lowest BCUT2D eigenvalue weighted by Crippen LogP contribution is -2.56. The fourth-order valence-electron chi connectivity index (χ4n) is 4.03. The number of hydrogen-bond donors (Lipinski definition) is 0. The van der Waals surface area contributed by atoms with Crippen LogP contribution in [0.25, 0.3) is 11.9 Å². The van der Waals surface area contributed by atoms with Gasteiger partial charge in [0.25, 0.3) is 11.8 Å². The highest BCUT2D eigenvalue weighted by Gasteiger charge is 2.40. The van der Waals surface area contributed by atoms with E-state index in [0.717, 1.165) is 34.8 Å². The van der Waals surface area contributed by atoms with Gasteiger partial charge in [0.05, 0.1) is 5.69 Å². The van der Waals surface area contributed by atoms with Crippen LogP contribution in [0.4, 0.5) is 5.69 Å². The van der Waals surface area contributed by atoms with Crippen LogP contribution in [0.1, 0.15) is 35.9 Å². The second kappa shape index (κ2) is 9.11. The first-order valence-corrected chi connectivity index (χ1v) is 11.3. The van der Waals surface area contributed by atoms with Gasteiger partial charge < -0.3 is 4.57 Å². The van der Waals surface area contributed by atoms with Crippen molar-refractivity contribution < 1.29 is 9.59 Å². The van der Waals surface area contributed by atoms with E-state index in [1.54, 1.807) is 6.08 Å². The van der Waals surface area contributed by atoms with Crippen molar-refractivity contribution in [3.8, 4) is 5.82 Å². The van der Waals surface area contributed by atoms with Crippen molar-refractivity contribution in [1.29, 1.82) is 0 Å². The number of anilines is 1. The maximum atomic E-state index is 13.5. The number of amides is 2. The number of carbonyl (C=O) groups excluding carboxylic acids is 2. The molecule has 2 amide bonds. The highest BCUT2D eigenvalue weighted by Crippen LogP contribution is 2.28. The molecule has 0 atom stereocenters. The van der Waals surface area contributed by atoms with Gasteiger partial charge in [-0.1, -0.05) is 31.2 Å². The molecule has 33 heavy (non-hydrogen) atoms. The summed E-state index contributed by atoms with van der Waals surface area (Å²) >= 11 is 5.56. The predicted molar refractivity (Wildman–Crippen MR) is 134 cm³/mol. The molecule has 0 spiro atoms. The largest absolute Gasteiger partial charge is 0.303 e. The summed E-state index contributed by atoms with van der Waals surface area (Å²) in [6.07, 6.45) is 4.23. The molecule has 0 N–H and O–H groups in total. The lowest BCUT2D eigenvalue weighted by molar-refractivity contribution is -0.127. The lowest BCUT2D eigenvalue weighted by atomic mass is 10.1. The second-order valence-corrected chi connectivity index (χ2v) is 8.49. The van der Waals surface area contributed by atoms with E-state index >= 15 is 0 Å². The molecule has 3 aromatic rings. The molecule has 1 saturated heterocycles. The zero-order chi connectivity index (χ0) is 23.7. The minimum Gasteiger partial charge on any atom is -0.303 e. The van der Waals surface area contributed by atoms with Crippen LogP contribution in [0, 0.1) is 20.8 Å². The maximum absolute atomic E-state index is 13.5. The van der Waals surface area contributed by atoms with Gasteiger partial charge in [-0.25, -0.2) is 4.98 Å². The Bertz CT molecular complexity index is 1260. The van der Waals surface area contributed by atoms with E-state index in [0.29, 0.717) is 12.2 Å². The molecule has 0 unspecified atom stereocenters. The first-order chi connectivity index (χ1) is 15.8. The van der Waals surface area contributed by atoms with Gasteiger partial charge in [-0.15, -0.1) is 0 Å². The van der Waals surface area contributed by atoms with Gasteiger partial charge in [-0.2, -0.15) is 0 Å². The SMILES string of the molecule is CCCN1C(=O)C(=Cc2cc(C)n(-c3ccc(C)cn3)c2C)C(=O)N(c2ccccc2)C1=S. The topological polar surface area (TPSA) is 58.4 Å². The van der Waals surface area contributed by atoms with E-state index in [9.17, 15) is 9.59 Å². The predicted octanol–water partition coefficient (Wildman–Crippen LogP) is 4.75. The third-order valence-electron chi connectivity index (χ3n) is 5.69. The number of benzene rings is 1. The van der Waals surface area contributed by atoms with Gasteiger partial charge in [-0.05, 0) is 80.9 Å². The van der Waals surface area contributed by atoms with Gasteiger partial charge in [0.15, 0.2) is 5.11 Å². The lowest BCUT2D eigenvalue weighted by Gasteiger charge is -2.36. The molecule has 4 rings (SSSR count). The van der Waals surface area contributed by atoms with Crippen LogP contribution in [0.2, 0.25) is 0 Å². The van der Waals surface area contributed by atoms with Gasteiger partial charge in [0.2, 0.25) is 0 Å². The highest BCUT2D eigenvalue weighted by molar-refractivity contribution is 7.80. The van der Waals surface area contributed by atoms with Gasteiger partial charge in [0.1, 0.15) is 11.4 Å². The van der Waals surface area contributed by atoms with E-state index in [-0.39, 0.29) is 16.6 Å². The molecule has 1 aliphatic rings. The van der Waals surface area contributed by atoms with E-state index in [1.165, 1.54) is 9.80 Å². The standard InChI is InChI=1S/C26H26N4O2S/c1-5-13-28-24(31)22(25(32)30(26(28)33)21-9-7-6-8-10-21)15-20-14-18(3)29(19(20)4)23-12-11-17(2)16-27-23/h6-12,14-16H,5,13H2,1-4H3. The Kier molecular flexibility index (Phi) is 6.24. The molecule has 2 aromatic heterocycles. The molecule has 0 saturated carbocycles. The Balaban J connectivity index is 1.81. The monoisotopic (exact) mass is 458 g/mol. The summed E-state index contributed by atoms with van der Waals surface area (Å²) < 4.78 is 2.02. The van der Waals surface area contributed by atoms with E-state index in [4.69, 9.17) is 12.2 Å². The number of aryl methyl sites for hydroxylation is 2. The number of thiocarbonyl (C=S) groups is 1. The number of hydrogen-bond acceptors (Lipinski definition) is 4. The Labute approximate surface area is 199 Å². The Morgan fingerprint density at radius 1 is 1.00 bits per heavy atom. The van der Waals surface area contributed by atoms with Crippen molar-refractivity contribution in [3.05, 3.63) is 82.8 Å². The second-order valence-electron chi connectivity index (χ2n) is 8.13. The molecule has 0 radical (unpaired) electrons. The summed E-state index contributed by atoms with van der Waals surface area (Å²) in [6.45, 7) is 8.36. The van der Waals surface area contributed by atoms with Crippen molar-refractivity contribution >= 4 is 40.9 Å². The number of aromatic nitrogens is 2. The fourth-order valence-corrected chi connectivity index (χ4v) is 4.40. The molecular weight excluding hydrogens is 432 g/mol. The zero-order valence-corrected chi connectivity index (χ0v) is 20.0. The molecule has 1 fully saturated rings. The number of carbonyl (C=O) groups is 2. The van der Waals surface area contributed by atoms with Crippen LogP contribution in [0.5, 0.6) is 0 Å². The third-order valence-corrected chi connectivity index (χ3v) is 6.09. The molecule has 6 nitrogen and oxygen atoms in total. The molecule has 1 aromatic carbocycles. The summed E-state index contributed by atoms with van der Waals surface area (Å²) in [4.78, 5) is 34.3. The van der Waals surface area contributed by atoms with Crippen LogP contribution >= 0.6 is 12.2 Å². The number of para-hydroxylation sites is 1. The smallest absolute Gasteiger partial charge is 0.270 e. The van der Waals surface area contributed by atoms with E-state index < -0.39 is 5.91 Å². The molecule has 7 heteroatoms. The van der Waals surface area contributed by atoms with Gasteiger partial charge in [0, 0.05) is 24.1 Å². The molecule has 0 bridgehead atoms. The van der Waals surface area contributed by atoms with Gasteiger partial charge in [-0.3, -0.25) is 19.4 Å². The molecular formula is C26H26N4O2S. The molecule has 3 heterocycles. The summed E-state index contributed by atoms with van der Waals surface area (Å²) in [7, 11) is 0. The molecule has 168 valence electrons. The normalized spacial score (nSPS) is 15.6. The summed E-state index contributed by atoms with van der Waals surface area (Å²) in [5.74, 6) is 0.0142. The minimum atomic E-state index is -0.415. The number of rotatable bonds is 5. The molecule has 1 aliphatic heterocycles. The zero-order valence-electron chi connectivity index (χ0n) is 19.2. The number of pyridine rings is 1. The third kappa shape index (κ3) is 4.12.